The zero-order valence-corrected chi connectivity index (χ0v) is 24.1. The van der Waals surface area contributed by atoms with Crippen molar-refractivity contribution in [1.29, 1.82) is 0 Å². The smallest absolute Gasteiger partial charge is 0.437 e. The van der Waals surface area contributed by atoms with Gasteiger partial charge in [0.1, 0.15) is 23.1 Å². The van der Waals surface area contributed by atoms with Gasteiger partial charge in [-0.1, -0.05) is 0 Å². The lowest BCUT2D eigenvalue weighted by Crippen LogP contribution is -2.51. The molecule has 0 fully saturated rings. The van der Waals surface area contributed by atoms with E-state index >= 15 is 0 Å². The Labute approximate surface area is 228 Å². The third-order valence-corrected chi connectivity index (χ3v) is 4.71. The maximum absolute atomic E-state index is 12.9. The summed E-state index contributed by atoms with van der Waals surface area (Å²) in [6.45, 7) is 13.0. The second kappa shape index (κ2) is 14.5. The van der Waals surface area contributed by atoms with Crippen LogP contribution in [0.15, 0.2) is 21.8 Å². The average molecular weight is 556 g/mol. The van der Waals surface area contributed by atoms with Crippen LogP contribution in [0, 0.1) is 0 Å². The number of aromatic nitrogens is 1. The first-order valence-electron chi connectivity index (χ1n) is 12.4. The quantitative estimate of drug-likeness (QED) is 0.207. The Balaban J connectivity index is 2.89. The Morgan fingerprint density at radius 1 is 1.03 bits per heavy atom. The van der Waals surface area contributed by atoms with Crippen LogP contribution in [0.25, 0.3) is 0 Å². The summed E-state index contributed by atoms with van der Waals surface area (Å²) < 4.78 is 25.6. The van der Waals surface area contributed by atoms with Crippen LogP contribution in [-0.4, -0.2) is 78.1 Å². The second-order valence-corrected chi connectivity index (χ2v) is 11.0. The number of methoxy groups -OCH3 is 1. The molecule has 0 aliphatic heterocycles. The zero-order valence-electron chi connectivity index (χ0n) is 24.1. The molecule has 14 nitrogen and oxygen atoms in total. The highest BCUT2D eigenvalue weighted by Gasteiger charge is 2.31. The van der Waals surface area contributed by atoms with Crippen molar-refractivity contribution < 1.29 is 42.6 Å². The molecular weight excluding hydrogens is 514 g/mol. The molecule has 1 heterocycles. The van der Waals surface area contributed by atoms with Gasteiger partial charge in [0.2, 0.25) is 5.96 Å². The van der Waals surface area contributed by atoms with Crippen LogP contribution >= 0.6 is 0 Å². The van der Waals surface area contributed by atoms with Gasteiger partial charge in [0.25, 0.3) is 11.8 Å². The maximum Gasteiger partial charge on any atom is 0.437 e. The molecule has 0 radical (unpaired) electrons. The number of amides is 3. The van der Waals surface area contributed by atoms with Gasteiger partial charge in [-0.05, 0) is 73.4 Å². The first-order chi connectivity index (χ1) is 17.9. The van der Waals surface area contributed by atoms with E-state index in [0.717, 1.165) is 0 Å². The highest BCUT2D eigenvalue weighted by atomic mass is 16.6. The minimum absolute atomic E-state index is 0.128. The van der Waals surface area contributed by atoms with E-state index < -0.39 is 46.7 Å². The van der Waals surface area contributed by atoms with Gasteiger partial charge < -0.3 is 34.1 Å². The zero-order chi connectivity index (χ0) is 29.9. The first kappa shape index (κ1) is 33.3. The second-order valence-electron chi connectivity index (χ2n) is 11.0. The molecule has 1 rings (SSSR count). The number of aliphatic imine (C=N–C) groups is 1. The number of carbonyl (C=O) groups is 4. The minimum Gasteiger partial charge on any atom is -0.467 e. The number of ketones is 1. The molecule has 1 aromatic rings. The fraction of sp³-hybridized carbons (Fsp3) is 0.680. The van der Waals surface area contributed by atoms with Gasteiger partial charge in [-0.15, -0.1) is 4.99 Å². The molecule has 0 bridgehead atoms. The fourth-order valence-corrected chi connectivity index (χ4v) is 2.66. The van der Waals surface area contributed by atoms with Crippen molar-refractivity contribution >= 4 is 29.8 Å². The molecule has 1 aromatic heterocycles. The largest absolute Gasteiger partial charge is 0.467 e. The van der Waals surface area contributed by atoms with E-state index in [-0.39, 0.29) is 31.4 Å². The van der Waals surface area contributed by atoms with Gasteiger partial charge >= 0.3 is 12.2 Å². The van der Waals surface area contributed by atoms with E-state index in [4.69, 9.17) is 18.9 Å². The molecule has 0 aliphatic carbocycles. The molecule has 0 saturated carbocycles. The Morgan fingerprint density at radius 3 is 2.21 bits per heavy atom. The number of rotatable bonds is 11. The van der Waals surface area contributed by atoms with Crippen LogP contribution < -0.4 is 20.7 Å². The summed E-state index contributed by atoms with van der Waals surface area (Å²) >= 11 is 0. The van der Waals surface area contributed by atoms with Gasteiger partial charge in [-0.25, -0.2) is 9.59 Å². The van der Waals surface area contributed by atoms with E-state index in [2.05, 4.69) is 30.6 Å². The van der Waals surface area contributed by atoms with E-state index in [1.807, 2.05) is 0 Å². The van der Waals surface area contributed by atoms with Crippen molar-refractivity contribution in [1.82, 2.24) is 21.1 Å². The number of nitrogens with one attached hydrogen (secondary N) is 3. The number of hydrogen-bond donors (Lipinski definition) is 3. The highest BCUT2D eigenvalue weighted by molar-refractivity contribution is 5.99. The topological polar surface area (TPSA) is 180 Å². The lowest BCUT2D eigenvalue weighted by Gasteiger charge is -2.26. The average Bonchev–Trinajstić information content (AvgIpc) is 3.30. The standard InChI is InChI=1S/C25H41N5O9/c1-23(2,3)38-21(33)28-20(29-22(34)39-24(4,5)6)26-13-10-11-16(27-19(32)25(7,8)35-9)17(31)15-36-18-12-14-37-30-18/h12,14,16H,10-11,13,15H2,1-9H3,(H,27,32)(H2,26,28,29,33,34). The normalized spacial score (nSPS) is 13.2. The SMILES string of the molecule is COC(C)(C)C(=O)NC(CCCNC(=NC(=O)OC(C)(C)C)NC(=O)OC(C)(C)C)C(=O)COc1ccon1. The Bertz CT molecular complexity index is 993. The van der Waals surface area contributed by atoms with Crippen molar-refractivity contribution in [2.45, 2.75) is 91.1 Å². The highest BCUT2D eigenvalue weighted by Crippen LogP contribution is 2.11. The fourth-order valence-electron chi connectivity index (χ4n) is 2.66. The molecule has 220 valence electrons. The van der Waals surface area contributed by atoms with Crippen molar-refractivity contribution in [3.8, 4) is 5.88 Å². The molecular formula is C25H41N5O9. The number of alkyl carbamates (subject to hydrolysis) is 1. The van der Waals surface area contributed by atoms with E-state index in [1.165, 1.54) is 19.4 Å². The first-order valence-corrected chi connectivity index (χ1v) is 12.4. The van der Waals surface area contributed by atoms with E-state index in [9.17, 15) is 19.2 Å². The summed E-state index contributed by atoms with van der Waals surface area (Å²) in [5.41, 5.74) is -2.75. The minimum atomic E-state index is -1.17. The number of hydrogen-bond acceptors (Lipinski definition) is 10. The van der Waals surface area contributed by atoms with Gasteiger partial charge in [0.15, 0.2) is 12.4 Å². The molecule has 1 atom stereocenters. The summed E-state index contributed by atoms with van der Waals surface area (Å²) in [5.74, 6) is -0.965. The van der Waals surface area contributed by atoms with Crippen molar-refractivity contribution in [2.24, 2.45) is 4.99 Å². The van der Waals surface area contributed by atoms with Gasteiger partial charge in [-0.3, -0.25) is 14.9 Å². The number of Topliss-reactive ketones (excluding diaryl/α,β-unsaturated/α-hetero) is 1. The van der Waals surface area contributed by atoms with Crippen molar-refractivity contribution in [2.75, 3.05) is 20.3 Å². The molecule has 14 heteroatoms. The predicted molar refractivity (Wildman–Crippen MR) is 140 cm³/mol. The lowest BCUT2D eigenvalue weighted by molar-refractivity contribution is -0.142. The van der Waals surface area contributed by atoms with Crippen LogP contribution in [0.5, 0.6) is 5.88 Å². The summed E-state index contributed by atoms with van der Waals surface area (Å²) in [4.78, 5) is 53.7. The molecule has 1 unspecified atom stereocenters. The summed E-state index contributed by atoms with van der Waals surface area (Å²) in [7, 11) is 1.39. The molecule has 3 N–H and O–H groups in total. The number of guanidine groups is 1. The van der Waals surface area contributed by atoms with Crippen molar-refractivity contribution in [3.05, 3.63) is 12.3 Å². The van der Waals surface area contributed by atoms with Gasteiger partial charge in [0.05, 0.1) is 6.04 Å². The molecule has 0 saturated heterocycles. The van der Waals surface area contributed by atoms with Crippen LogP contribution in [0.3, 0.4) is 0 Å². The predicted octanol–water partition coefficient (Wildman–Crippen LogP) is 2.72. The van der Waals surface area contributed by atoms with E-state index in [1.54, 1.807) is 55.4 Å². The molecule has 0 spiro atoms. The van der Waals surface area contributed by atoms with Gasteiger partial charge in [-0.2, -0.15) is 0 Å². The third-order valence-electron chi connectivity index (χ3n) is 4.71. The van der Waals surface area contributed by atoms with Crippen LogP contribution in [0.1, 0.15) is 68.2 Å². The lowest BCUT2D eigenvalue weighted by atomic mass is 10.0. The van der Waals surface area contributed by atoms with Gasteiger partial charge in [0, 0.05) is 19.7 Å². The number of carbonyl (C=O) groups excluding carboxylic acids is 4. The van der Waals surface area contributed by atoms with Crippen LogP contribution in [-0.2, 0) is 23.8 Å². The summed E-state index contributed by atoms with van der Waals surface area (Å²) in [5, 5.41) is 11.5. The Hall–Kier alpha value is -3.68. The number of nitrogens with zero attached hydrogens (tertiary/aromatic N) is 2. The Morgan fingerprint density at radius 2 is 1.67 bits per heavy atom. The van der Waals surface area contributed by atoms with Crippen LogP contribution in [0.2, 0.25) is 0 Å². The monoisotopic (exact) mass is 555 g/mol. The third kappa shape index (κ3) is 14.2. The molecule has 0 aliphatic rings. The van der Waals surface area contributed by atoms with Crippen LogP contribution in [0.4, 0.5) is 9.59 Å². The number of ether oxygens (including phenoxy) is 4. The maximum atomic E-state index is 12.9. The Kier molecular flexibility index (Phi) is 12.4. The molecule has 39 heavy (non-hydrogen) atoms. The molecule has 0 aromatic carbocycles. The molecule has 3 amide bonds. The summed E-state index contributed by atoms with van der Waals surface area (Å²) in [6.07, 6.45) is 0.0500. The summed E-state index contributed by atoms with van der Waals surface area (Å²) in [6, 6.07) is 0.521. The van der Waals surface area contributed by atoms with Crippen molar-refractivity contribution in [3.63, 3.8) is 0 Å². The van der Waals surface area contributed by atoms with E-state index in [0.29, 0.717) is 6.42 Å².